The van der Waals surface area contributed by atoms with Crippen LogP contribution in [-0.4, -0.2) is 38.8 Å². The molecule has 4 heteroatoms. The van der Waals surface area contributed by atoms with Gasteiger partial charge in [-0.1, -0.05) is 29.8 Å². The number of nitrogens with one attached hydrogen (secondary N) is 1. The molecule has 0 bridgehead atoms. The fraction of sp³-hybridized carbons (Fsp3) is 0.409. The summed E-state index contributed by atoms with van der Waals surface area (Å²) in [7, 11) is 0. The maximum atomic E-state index is 12.5. The highest BCUT2D eigenvalue weighted by Gasteiger charge is 2.13. The second-order valence-corrected chi connectivity index (χ2v) is 7.05. The molecule has 0 aliphatic carbocycles. The van der Waals surface area contributed by atoms with Crippen molar-refractivity contribution in [3.63, 3.8) is 0 Å². The molecule has 0 aromatic heterocycles. The van der Waals surface area contributed by atoms with Crippen molar-refractivity contribution in [3.8, 4) is 0 Å². The zero-order valence-electron chi connectivity index (χ0n) is 16.0. The van der Waals surface area contributed by atoms with Gasteiger partial charge in [-0.2, -0.15) is 0 Å². The molecule has 0 radical (unpaired) electrons. The maximum Gasteiger partial charge on any atom is 0.251 e. The van der Waals surface area contributed by atoms with E-state index in [1.165, 1.54) is 16.8 Å². The summed E-state index contributed by atoms with van der Waals surface area (Å²) in [6.07, 6.45) is 0.832. The first kappa shape index (κ1) is 18.5. The van der Waals surface area contributed by atoms with Gasteiger partial charge in [-0.3, -0.25) is 4.79 Å². The Kier molecular flexibility index (Phi) is 5.94. The number of rotatable bonds is 5. The Balaban J connectivity index is 1.54. The molecule has 1 fully saturated rings. The van der Waals surface area contributed by atoms with Gasteiger partial charge in [0.2, 0.25) is 0 Å². The molecule has 2 aromatic carbocycles. The number of carbonyl (C=O) groups is 1. The van der Waals surface area contributed by atoms with Crippen LogP contribution in [0.25, 0.3) is 0 Å². The van der Waals surface area contributed by atoms with E-state index < -0.39 is 0 Å². The molecule has 1 saturated heterocycles. The molecule has 1 amide bonds. The third kappa shape index (κ3) is 4.44. The summed E-state index contributed by atoms with van der Waals surface area (Å²) < 4.78 is 5.40. The maximum absolute atomic E-state index is 12.5. The molecular formula is C22H28N2O2. The lowest BCUT2D eigenvalue weighted by Crippen LogP contribution is -2.36. The van der Waals surface area contributed by atoms with Gasteiger partial charge in [0, 0.05) is 30.9 Å². The predicted molar refractivity (Wildman–Crippen MR) is 106 cm³/mol. The number of nitrogens with zero attached hydrogens (tertiary/aromatic N) is 1. The van der Waals surface area contributed by atoms with Crippen molar-refractivity contribution < 1.29 is 9.53 Å². The van der Waals surface area contributed by atoms with Gasteiger partial charge >= 0.3 is 0 Å². The molecule has 1 N–H and O–H groups in total. The lowest BCUT2D eigenvalue weighted by molar-refractivity contribution is 0.0953. The summed E-state index contributed by atoms with van der Waals surface area (Å²) in [5.74, 6) is 0.0185. The lowest BCUT2D eigenvalue weighted by atomic mass is 9.99. The van der Waals surface area contributed by atoms with Crippen molar-refractivity contribution in [3.05, 3.63) is 64.2 Å². The van der Waals surface area contributed by atoms with Crippen LogP contribution in [0.1, 0.15) is 32.6 Å². The lowest BCUT2D eigenvalue weighted by Gasteiger charge is -2.28. The molecule has 1 aliphatic heterocycles. The standard InChI is InChI=1S/C22H28N2O2/c1-16-14-17(2)21(18(3)15-16)22(25)23-9-8-19-4-6-20(7-5-19)24-10-12-26-13-11-24/h4-7,14-15H,8-13H2,1-3H3,(H,23,25). The number of hydrogen-bond acceptors (Lipinski definition) is 3. The first-order valence-corrected chi connectivity index (χ1v) is 9.32. The molecule has 4 nitrogen and oxygen atoms in total. The van der Waals surface area contributed by atoms with Gasteiger partial charge in [0.25, 0.3) is 5.91 Å². The predicted octanol–water partition coefficient (Wildman–Crippen LogP) is 3.42. The van der Waals surface area contributed by atoms with Crippen molar-refractivity contribution in [1.29, 1.82) is 0 Å². The fourth-order valence-electron chi connectivity index (χ4n) is 3.64. The van der Waals surface area contributed by atoms with Gasteiger partial charge in [0.15, 0.2) is 0 Å². The molecule has 26 heavy (non-hydrogen) atoms. The van der Waals surface area contributed by atoms with Crippen molar-refractivity contribution in [1.82, 2.24) is 5.32 Å². The van der Waals surface area contributed by atoms with Crippen LogP contribution in [0.3, 0.4) is 0 Å². The van der Waals surface area contributed by atoms with Crippen molar-refractivity contribution >= 4 is 11.6 Å². The van der Waals surface area contributed by atoms with Gasteiger partial charge in [-0.05, 0) is 56.0 Å². The van der Waals surface area contributed by atoms with Gasteiger partial charge < -0.3 is 15.0 Å². The molecular weight excluding hydrogens is 324 g/mol. The normalized spacial score (nSPS) is 14.3. The number of amides is 1. The van der Waals surface area contributed by atoms with Gasteiger partial charge in [-0.25, -0.2) is 0 Å². The van der Waals surface area contributed by atoms with Crippen LogP contribution in [0.4, 0.5) is 5.69 Å². The Labute approximate surface area is 156 Å². The molecule has 138 valence electrons. The first-order valence-electron chi connectivity index (χ1n) is 9.32. The van der Waals surface area contributed by atoms with E-state index in [1.807, 2.05) is 13.8 Å². The SMILES string of the molecule is Cc1cc(C)c(C(=O)NCCc2ccc(N3CCOCC3)cc2)c(C)c1. The highest BCUT2D eigenvalue weighted by molar-refractivity contribution is 5.97. The smallest absolute Gasteiger partial charge is 0.251 e. The van der Waals surface area contributed by atoms with Crippen LogP contribution in [0.2, 0.25) is 0 Å². The van der Waals surface area contributed by atoms with Crippen LogP contribution in [0.15, 0.2) is 36.4 Å². The molecule has 3 rings (SSSR count). The first-order chi connectivity index (χ1) is 12.5. The molecule has 0 unspecified atom stereocenters. The third-order valence-electron chi connectivity index (χ3n) is 4.92. The minimum absolute atomic E-state index is 0.0185. The number of morpholine rings is 1. The van der Waals surface area contributed by atoms with Crippen LogP contribution >= 0.6 is 0 Å². The zero-order valence-corrected chi connectivity index (χ0v) is 16.0. The zero-order chi connectivity index (χ0) is 18.5. The van der Waals surface area contributed by atoms with E-state index in [1.54, 1.807) is 0 Å². The summed E-state index contributed by atoms with van der Waals surface area (Å²) in [5.41, 5.74) is 6.55. The Bertz CT molecular complexity index is 739. The van der Waals surface area contributed by atoms with E-state index in [-0.39, 0.29) is 5.91 Å². The third-order valence-corrected chi connectivity index (χ3v) is 4.92. The number of aryl methyl sites for hydroxylation is 3. The van der Waals surface area contributed by atoms with Crippen molar-refractivity contribution in [2.45, 2.75) is 27.2 Å². The minimum Gasteiger partial charge on any atom is -0.378 e. The second-order valence-electron chi connectivity index (χ2n) is 7.05. The summed E-state index contributed by atoms with van der Waals surface area (Å²) in [5, 5.41) is 3.06. The number of hydrogen-bond donors (Lipinski definition) is 1. The van der Waals surface area contributed by atoms with E-state index in [0.717, 1.165) is 49.4 Å². The van der Waals surface area contributed by atoms with Crippen LogP contribution in [-0.2, 0) is 11.2 Å². The molecule has 1 aliphatic rings. The molecule has 0 atom stereocenters. The minimum atomic E-state index is 0.0185. The van der Waals surface area contributed by atoms with Crippen LogP contribution in [0.5, 0.6) is 0 Å². The topological polar surface area (TPSA) is 41.6 Å². The summed E-state index contributed by atoms with van der Waals surface area (Å²) in [4.78, 5) is 14.9. The van der Waals surface area contributed by atoms with Gasteiger partial charge in [0.1, 0.15) is 0 Å². The quantitative estimate of drug-likeness (QED) is 0.896. The Morgan fingerprint density at radius 2 is 1.65 bits per heavy atom. The van der Waals surface area contributed by atoms with E-state index >= 15 is 0 Å². The van der Waals surface area contributed by atoms with Crippen LogP contribution in [0, 0.1) is 20.8 Å². The summed E-state index contributed by atoms with van der Waals surface area (Å²) >= 11 is 0. The number of anilines is 1. The van der Waals surface area contributed by atoms with E-state index in [9.17, 15) is 4.79 Å². The van der Waals surface area contributed by atoms with E-state index in [2.05, 4.69) is 53.5 Å². The van der Waals surface area contributed by atoms with E-state index in [0.29, 0.717) is 6.54 Å². The Hall–Kier alpha value is -2.33. The highest BCUT2D eigenvalue weighted by atomic mass is 16.5. The highest BCUT2D eigenvalue weighted by Crippen LogP contribution is 2.18. The van der Waals surface area contributed by atoms with E-state index in [4.69, 9.17) is 4.74 Å². The van der Waals surface area contributed by atoms with Crippen LogP contribution < -0.4 is 10.2 Å². The molecule has 0 saturated carbocycles. The molecule has 2 aromatic rings. The van der Waals surface area contributed by atoms with Crippen molar-refractivity contribution in [2.75, 3.05) is 37.7 Å². The second kappa shape index (κ2) is 8.37. The summed E-state index contributed by atoms with van der Waals surface area (Å²) in [6, 6.07) is 12.8. The van der Waals surface area contributed by atoms with Crippen molar-refractivity contribution in [2.24, 2.45) is 0 Å². The Morgan fingerprint density at radius 1 is 1.04 bits per heavy atom. The molecule has 0 spiro atoms. The van der Waals surface area contributed by atoms with Gasteiger partial charge in [-0.15, -0.1) is 0 Å². The Morgan fingerprint density at radius 3 is 2.27 bits per heavy atom. The average molecular weight is 352 g/mol. The number of benzene rings is 2. The molecule has 1 heterocycles. The fourth-order valence-corrected chi connectivity index (χ4v) is 3.64. The largest absolute Gasteiger partial charge is 0.378 e. The van der Waals surface area contributed by atoms with Gasteiger partial charge in [0.05, 0.1) is 13.2 Å². The summed E-state index contributed by atoms with van der Waals surface area (Å²) in [6.45, 7) is 10.2. The number of carbonyl (C=O) groups excluding carboxylic acids is 1. The average Bonchev–Trinajstić information content (AvgIpc) is 2.62. The monoisotopic (exact) mass is 352 g/mol. The number of ether oxygens (including phenoxy) is 1.